The molecular weight excluding hydrogens is 204 g/mol. The average Bonchev–Trinajstić information content (AvgIpc) is 2.55. The molecule has 86 valence electrons. The highest BCUT2D eigenvalue weighted by atomic mass is 16.4. The molecule has 1 aromatic rings. The fraction of sp³-hybridized carbons (Fsp3) is 0.417. The lowest BCUT2D eigenvalue weighted by Crippen LogP contribution is -2.44. The smallest absolute Gasteiger partial charge is 0.322 e. The van der Waals surface area contributed by atoms with Gasteiger partial charge in [-0.15, -0.1) is 0 Å². The van der Waals surface area contributed by atoms with Gasteiger partial charge in [-0.2, -0.15) is 0 Å². The van der Waals surface area contributed by atoms with E-state index in [0.29, 0.717) is 12.6 Å². The number of nitrogens with zero attached hydrogens (tertiary/aromatic N) is 1. The predicted molar refractivity (Wildman–Crippen MR) is 62.6 cm³/mol. The summed E-state index contributed by atoms with van der Waals surface area (Å²) in [5.41, 5.74) is 7.96. The molecule has 0 bridgehead atoms. The zero-order chi connectivity index (χ0) is 11.7. The van der Waals surface area contributed by atoms with Gasteiger partial charge in [0, 0.05) is 18.3 Å². The van der Waals surface area contributed by atoms with Gasteiger partial charge in [-0.1, -0.05) is 18.2 Å². The molecule has 0 radical (unpaired) electrons. The average molecular weight is 220 g/mol. The minimum absolute atomic E-state index is 0.322. The normalized spacial score (nSPS) is 20.6. The van der Waals surface area contributed by atoms with Gasteiger partial charge in [0.2, 0.25) is 0 Å². The first-order valence-electron chi connectivity index (χ1n) is 5.42. The van der Waals surface area contributed by atoms with Crippen molar-refractivity contribution >= 4 is 11.7 Å². The summed E-state index contributed by atoms with van der Waals surface area (Å²) in [6.07, 6.45) is 0.961. The van der Waals surface area contributed by atoms with Crippen LogP contribution >= 0.6 is 0 Å². The van der Waals surface area contributed by atoms with Crippen LogP contribution in [0.2, 0.25) is 0 Å². The second-order valence-corrected chi connectivity index (χ2v) is 4.28. The van der Waals surface area contributed by atoms with E-state index >= 15 is 0 Å². The van der Waals surface area contributed by atoms with Crippen molar-refractivity contribution < 1.29 is 9.90 Å². The maximum absolute atomic E-state index is 10.8. The number of carbonyl (C=O) groups is 1. The zero-order valence-electron chi connectivity index (χ0n) is 9.26. The quantitative estimate of drug-likeness (QED) is 0.792. The molecule has 1 aliphatic heterocycles. The summed E-state index contributed by atoms with van der Waals surface area (Å²) in [5.74, 6) is -0.948. The van der Waals surface area contributed by atoms with Crippen molar-refractivity contribution in [2.24, 2.45) is 5.73 Å². The van der Waals surface area contributed by atoms with Crippen LogP contribution in [0.25, 0.3) is 0 Å². The Morgan fingerprint density at radius 1 is 1.62 bits per heavy atom. The van der Waals surface area contributed by atoms with Crippen LogP contribution in [0, 0.1) is 0 Å². The summed E-state index contributed by atoms with van der Waals surface area (Å²) in [4.78, 5) is 12.8. The third kappa shape index (κ3) is 1.88. The van der Waals surface area contributed by atoms with Crippen LogP contribution in [-0.4, -0.2) is 29.7 Å². The van der Waals surface area contributed by atoms with Gasteiger partial charge in [0.1, 0.15) is 6.04 Å². The van der Waals surface area contributed by atoms with Crippen LogP contribution in [-0.2, 0) is 11.2 Å². The van der Waals surface area contributed by atoms with E-state index in [1.807, 2.05) is 18.2 Å². The van der Waals surface area contributed by atoms with Gasteiger partial charge in [0.15, 0.2) is 0 Å². The highest BCUT2D eigenvalue weighted by molar-refractivity contribution is 5.74. The largest absolute Gasteiger partial charge is 0.480 e. The Bertz CT molecular complexity index is 406. The van der Waals surface area contributed by atoms with Gasteiger partial charge >= 0.3 is 5.97 Å². The molecule has 3 N–H and O–H groups in total. The minimum atomic E-state index is -0.948. The van der Waals surface area contributed by atoms with E-state index in [9.17, 15) is 4.79 Å². The third-order valence-corrected chi connectivity index (χ3v) is 3.06. The molecule has 0 fully saturated rings. The van der Waals surface area contributed by atoms with E-state index in [2.05, 4.69) is 17.9 Å². The van der Waals surface area contributed by atoms with Gasteiger partial charge in [-0.3, -0.25) is 4.79 Å². The van der Waals surface area contributed by atoms with Crippen molar-refractivity contribution in [1.82, 2.24) is 0 Å². The second-order valence-electron chi connectivity index (χ2n) is 4.28. The highest BCUT2D eigenvalue weighted by Crippen LogP contribution is 2.31. The first-order chi connectivity index (χ1) is 7.59. The molecule has 0 amide bonds. The number of nitrogens with two attached hydrogens (primary N) is 1. The Kier molecular flexibility index (Phi) is 2.83. The molecular formula is C12H16N2O2. The predicted octanol–water partition coefficient (Wildman–Crippen LogP) is 0.850. The van der Waals surface area contributed by atoms with Crippen LogP contribution in [0.5, 0.6) is 0 Å². The molecule has 1 aromatic carbocycles. The first kappa shape index (κ1) is 11.0. The number of carboxylic acid groups (broad SMARTS) is 1. The monoisotopic (exact) mass is 220 g/mol. The van der Waals surface area contributed by atoms with E-state index in [0.717, 1.165) is 12.1 Å². The van der Waals surface area contributed by atoms with E-state index in [4.69, 9.17) is 10.8 Å². The fourth-order valence-corrected chi connectivity index (χ4v) is 2.20. The molecule has 0 aliphatic carbocycles. The van der Waals surface area contributed by atoms with Crippen molar-refractivity contribution in [3.8, 4) is 0 Å². The van der Waals surface area contributed by atoms with E-state index < -0.39 is 12.0 Å². The molecule has 2 atom stereocenters. The van der Waals surface area contributed by atoms with Gasteiger partial charge in [0.05, 0.1) is 0 Å². The van der Waals surface area contributed by atoms with Gasteiger partial charge < -0.3 is 15.7 Å². The second kappa shape index (κ2) is 4.14. The Morgan fingerprint density at radius 2 is 2.31 bits per heavy atom. The molecule has 4 nitrogen and oxygen atoms in total. The Balaban J connectivity index is 2.19. The minimum Gasteiger partial charge on any atom is -0.480 e. The first-order valence-corrected chi connectivity index (χ1v) is 5.42. The lowest BCUT2D eigenvalue weighted by molar-refractivity contribution is -0.138. The van der Waals surface area contributed by atoms with Crippen molar-refractivity contribution in [3.63, 3.8) is 0 Å². The van der Waals surface area contributed by atoms with E-state index in [1.165, 1.54) is 5.56 Å². The molecule has 2 rings (SSSR count). The summed E-state index contributed by atoms with van der Waals surface area (Å²) >= 11 is 0. The van der Waals surface area contributed by atoms with Crippen LogP contribution in [0.1, 0.15) is 12.5 Å². The van der Waals surface area contributed by atoms with Gasteiger partial charge in [-0.05, 0) is 25.0 Å². The van der Waals surface area contributed by atoms with E-state index in [1.54, 1.807) is 0 Å². The molecule has 0 saturated heterocycles. The number of benzene rings is 1. The molecule has 0 spiro atoms. The number of hydrogen-bond acceptors (Lipinski definition) is 3. The topological polar surface area (TPSA) is 66.6 Å². The van der Waals surface area contributed by atoms with Crippen molar-refractivity contribution in [1.29, 1.82) is 0 Å². The van der Waals surface area contributed by atoms with Crippen LogP contribution in [0.3, 0.4) is 0 Å². The number of para-hydroxylation sites is 1. The maximum atomic E-state index is 10.8. The molecule has 1 aliphatic rings. The number of fused-ring (bicyclic) bond motifs is 1. The standard InChI is InChI=1S/C12H16N2O2/c1-8-6-9-4-2-3-5-11(9)14(8)7-10(13)12(15)16/h2-5,8,10H,6-7,13H2,1H3,(H,15,16). The molecule has 0 saturated carbocycles. The number of aliphatic carboxylic acids is 1. The van der Waals surface area contributed by atoms with Crippen molar-refractivity contribution in [3.05, 3.63) is 29.8 Å². The number of hydrogen-bond donors (Lipinski definition) is 2. The van der Waals surface area contributed by atoms with Gasteiger partial charge in [-0.25, -0.2) is 0 Å². The van der Waals surface area contributed by atoms with Crippen molar-refractivity contribution in [2.45, 2.75) is 25.4 Å². The number of anilines is 1. The summed E-state index contributed by atoms with van der Waals surface area (Å²) in [7, 11) is 0. The van der Waals surface area contributed by atoms with Crippen LogP contribution in [0.4, 0.5) is 5.69 Å². The summed E-state index contributed by atoms with van der Waals surface area (Å²) < 4.78 is 0. The lowest BCUT2D eigenvalue weighted by Gasteiger charge is -2.26. The number of rotatable bonds is 3. The highest BCUT2D eigenvalue weighted by Gasteiger charge is 2.28. The maximum Gasteiger partial charge on any atom is 0.322 e. The van der Waals surface area contributed by atoms with Crippen LogP contribution < -0.4 is 10.6 Å². The molecule has 16 heavy (non-hydrogen) atoms. The number of carboxylic acids is 1. The summed E-state index contributed by atoms with van der Waals surface area (Å²) in [6, 6.07) is 7.57. The van der Waals surface area contributed by atoms with E-state index in [-0.39, 0.29) is 0 Å². The Hall–Kier alpha value is -1.55. The molecule has 1 heterocycles. The molecule has 4 heteroatoms. The Labute approximate surface area is 94.7 Å². The lowest BCUT2D eigenvalue weighted by atomic mass is 10.1. The van der Waals surface area contributed by atoms with Gasteiger partial charge in [0.25, 0.3) is 0 Å². The van der Waals surface area contributed by atoms with Crippen LogP contribution in [0.15, 0.2) is 24.3 Å². The molecule has 0 aromatic heterocycles. The SMILES string of the molecule is CC1Cc2ccccc2N1CC(N)C(=O)O. The Morgan fingerprint density at radius 3 is 3.00 bits per heavy atom. The summed E-state index contributed by atoms with van der Waals surface area (Å²) in [6.45, 7) is 2.46. The third-order valence-electron chi connectivity index (χ3n) is 3.06. The zero-order valence-corrected chi connectivity index (χ0v) is 9.26. The van der Waals surface area contributed by atoms with Crippen molar-refractivity contribution in [2.75, 3.05) is 11.4 Å². The molecule has 2 unspecified atom stereocenters. The fourth-order valence-electron chi connectivity index (χ4n) is 2.20. The summed E-state index contributed by atoms with van der Waals surface area (Å²) in [5, 5.41) is 8.82.